The average molecular weight is 456 g/mol. The van der Waals surface area contributed by atoms with Gasteiger partial charge in [0.05, 0.1) is 11.8 Å². The molecule has 34 heavy (non-hydrogen) atoms. The molecule has 0 aliphatic carbocycles. The molecule has 5 rings (SSSR count). The van der Waals surface area contributed by atoms with Gasteiger partial charge >= 0.3 is 6.03 Å². The summed E-state index contributed by atoms with van der Waals surface area (Å²) in [6, 6.07) is 17.9. The van der Waals surface area contributed by atoms with Gasteiger partial charge in [-0.15, -0.1) is 0 Å². The third-order valence-corrected chi connectivity index (χ3v) is 6.27. The van der Waals surface area contributed by atoms with Crippen LogP contribution in [0.3, 0.4) is 0 Å². The molecule has 4 aromatic rings. The maximum absolute atomic E-state index is 12.9. The van der Waals surface area contributed by atoms with Crippen LogP contribution in [0.25, 0.3) is 22.5 Å². The first kappa shape index (κ1) is 21.9. The van der Waals surface area contributed by atoms with Crippen molar-refractivity contribution in [1.29, 1.82) is 0 Å². The molecule has 3 heterocycles. The van der Waals surface area contributed by atoms with E-state index in [-0.39, 0.29) is 6.03 Å². The minimum Gasteiger partial charge on any atom is -0.461 e. The van der Waals surface area contributed by atoms with Crippen molar-refractivity contribution in [2.45, 2.75) is 26.7 Å². The summed E-state index contributed by atoms with van der Waals surface area (Å²) in [6.07, 6.45) is 1.63. The van der Waals surface area contributed by atoms with E-state index < -0.39 is 0 Å². The van der Waals surface area contributed by atoms with Crippen LogP contribution in [0.4, 0.5) is 16.3 Å². The summed E-state index contributed by atoms with van der Waals surface area (Å²) in [5, 5.41) is 4.04. The highest BCUT2D eigenvalue weighted by atomic mass is 16.3. The minimum atomic E-state index is -0.0726. The number of hydrogen-bond acceptors (Lipinski definition) is 5. The van der Waals surface area contributed by atoms with Gasteiger partial charge in [0.25, 0.3) is 0 Å². The number of aryl methyl sites for hydroxylation is 1. The number of benzene rings is 2. The molecule has 1 fully saturated rings. The zero-order valence-electron chi connectivity index (χ0n) is 19.8. The minimum absolute atomic E-state index is 0.0726. The lowest BCUT2D eigenvalue weighted by Crippen LogP contribution is -2.50. The van der Waals surface area contributed by atoms with Crippen LogP contribution in [0.5, 0.6) is 0 Å². The van der Waals surface area contributed by atoms with Crippen molar-refractivity contribution >= 4 is 28.4 Å². The number of aromatic nitrogens is 2. The SMILES string of the molecule is Cc1ccc2nc(-c3ccco3)nc(N3CCN(C(=O)Nc4ccc(C(C)C)cc4)CC3)c2c1. The number of carbonyl (C=O) groups excluding carboxylic acids is 1. The molecule has 1 saturated heterocycles. The number of piperazine rings is 1. The average Bonchev–Trinajstić information content (AvgIpc) is 3.39. The highest BCUT2D eigenvalue weighted by Crippen LogP contribution is 2.29. The third-order valence-electron chi connectivity index (χ3n) is 6.27. The Bertz CT molecular complexity index is 1290. The number of fused-ring (bicyclic) bond motifs is 1. The Morgan fingerprint density at radius 1 is 1.00 bits per heavy atom. The molecule has 0 spiro atoms. The van der Waals surface area contributed by atoms with Crippen LogP contribution in [0.15, 0.2) is 65.3 Å². The first-order valence-corrected chi connectivity index (χ1v) is 11.7. The van der Waals surface area contributed by atoms with Crippen LogP contribution in [0.2, 0.25) is 0 Å². The van der Waals surface area contributed by atoms with Gasteiger partial charge < -0.3 is 19.5 Å². The summed E-state index contributed by atoms with van der Waals surface area (Å²) >= 11 is 0. The summed E-state index contributed by atoms with van der Waals surface area (Å²) in [5.74, 6) is 2.56. The summed E-state index contributed by atoms with van der Waals surface area (Å²) in [6.45, 7) is 9.00. The molecule has 2 amide bonds. The number of carbonyl (C=O) groups is 1. The zero-order chi connectivity index (χ0) is 23.7. The first-order chi connectivity index (χ1) is 16.5. The van der Waals surface area contributed by atoms with Crippen molar-refractivity contribution in [3.05, 3.63) is 72.0 Å². The molecule has 2 aromatic heterocycles. The number of furan rings is 1. The second-order valence-electron chi connectivity index (χ2n) is 9.05. The molecule has 7 nitrogen and oxygen atoms in total. The fourth-order valence-electron chi connectivity index (χ4n) is 4.26. The number of hydrogen-bond donors (Lipinski definition) is 1. The van der Waals surface area contributed by atoms with Crippen molar-refractivity contribution in [3.8, 4) is 11.6 Å². The third kappa shape index (κ3) is 4.46. The fourth-order valence-corrected chi connectivity index (χ4v) is 4.26. The second kappa shape index (κ2) is 9.17. The molecule has 0 saturated carbocycles. The summed E-state index contributed by atoms with van der Waals surface area (Å²) in [5.41, 5.74) is 4.11. The maximum atomic E-state index is 12.9. The maximum Gasteiger partial charge on any atom is 0.321 e. The Hall–Kier alpha value is -3.87. The van der Waals surface area contributed by atoms with Gasteiger partial charge in [-0.2, -0.15) is 0 Å². The summed E-state index contributed by atoms with van der Waals surface area (Å²) < 4.78 is 5.56. The van der Waals surface area contributed by atoms with Crippen LogP contribution < -0.4 is 10.2 Å². The van der Waals surface area contributed by atoms with Gasteiger partial charge in [-0.05, 0) is 54.8 Å². The highest BCUT2D eigenvalue weighted by molar-refractivity contribution is 5.92. The van der Waals surface area contributed by atoms with E-state index >= 15 is 0 Å². The summed E-state index contributed by atoms with van der Waals surface area (Å²) in [4.78, 5) is 26.5. The molecular weight excluding hydrogens is 426 g/mol. The smallest absolute Gasteiger partial charge is 0.321 e. The van der Waals surface area contributed by atoms with E-state index in [0.29, 0.717) is 43.7 Å². The van der Waals surface area contributed by atoms with Crippen LogP contribution >= 0.6 is 0 Å². The lowest BCUT2D eigenvalue weighted by molar-refractivity contribution is 0.208. The zero-order valence-corrected chi connectivity index (χ0v) is 19.8. The predicted molar refractivity (Wildman–Crippen MR) is 135 cm³/mol. The van der Waals surface area contributed by atoms with Gasteiger partial charge in [-0.25, -0.2) is 14.8 Å². The lowest BCUT2D eigenvalue weighted by atomic mass is 10.0. The van der Waals surface area contributed by atoms with Crippen molar-refractivity contribution in [2.24, 2.45) is 0 Å². The fraction of sp³-hybridized carbons (Fsp3) is 0.296. The lowest BCUT2D eigenvalue weighted by Gasteiger charge is -2.36. The van der Waals surface area contributed by atoms with Crippen LogP contribution in [0, 0.1) is 6.92 Å². The number of anilines is 2. The Kier molecular flexibility index (Phi) is 5.92. The topological polar surface area (TPSA) is 74.5 Å². The number of nitrogens with zero attached hydrogens (tertiary/aromatic N) is 4. The monoisotopic (exact) mass is 455 g/mol. The normalized spacial score (nSPS) is 14.1. The molecule has 0 radical (unpaired) electrons. The van der Waals surface area contributed by atoms with E-state index in [1.165, 1.54) is 5.56 Å². The van der Waals surface area contributed by atoms with Crippen LogP contribution in [0.1, 0.15) is 30.9 Å². The Labute approximate surface area is 199 Å². The van der Waals surface area contributed by atoms with Gasteiger partial charge in [0.1, 0.15) is 5.82 Å². The molecule has 0 atom stereocenters. The van der Waals surface area contributed by atoms with Gasteiger partial charge in [0.2, 0.25) is 0 Å². The van der Waals surface area contributed by atoms with Gasteiger partial charge in [0.15, 0.2) is 11.6 Å². The molecule has 1 aliphatic heterocycles. The van der Waals surface area contributed by atoms with Crippen molar-refractivity contribution in [3.63, 3.8) is 0 Å². The largest absolute Gasteiger partial charge is 0.461 e. The Balaban J connectivity index is 1.32. The second-order valence-corrected chi connectivity index (χ2v) is 9.05. The van der Waals surface area contributed by atoms with E-state index in [0.717, 1.165) is 28.0 Å². The van der Waals surface area contributed by atoms with Crippen LogP contribution in [-0.4, -0.2) is 47.1 Å². The van der Waals surface area contributed by atoms with Gasteiger partial charge in [0, 0.05) is 37.3 Å². The molecule has 0 bridgehead atoms. The van der Waals surface area contributed by atoms with Crippen LogP contribution in [-0.2, 0) is 0 Å². The van der Waals surface area contributed by atoms with E-state index in [4.69, 9.17) is 14.4 Å². The quantitative estimate of drug-likeness (QED) is 0.429. The van der Waals surface area contributed by atoms with Crippen molar-refractivity contribution in [2.75, 3.05) is 36.4 Å². The number of urea groups is 1. The van der Waals surface area contributed by atoms with Crippen molar-refractivity contribution in [1.82, 2.24) is 14.9 Å². The predicted octanol–water partition coefficient (Wildman–Crippen LogP) is 5.68. The first-order valence-electron chi connectivity index (χ1n) is 11.7. The standard InChI is InChI=1S/C27H29N5O2/c1-18(2)20-7-9-21(10-8-20)28-27(33)32-14-12-31(13-15-32)26-22-17-19(3)6-11-23(22)29-25(30-26)24-5-4-16-34-24/h4-11,16-18H,12-15H2,1-3H3,(H,28,33). The molecule has 0 unspecified atom stereocenters. The Morgan fingerprint density at radius 2 is 1.76 bits per heavy atom. The highest BCUT2D eigenvalue weighted by Gasteiger charge is 2.24. The molecular formula is C27H29N5O2. The van der Waals surface area contributed by atoms with Gasteiger partial charge in [-0.1, -0.05) is 37.6 Å². The molecule has 7 heteroatoms. The number of rotatable bonds is 4. The summed E-state index contributed by atoms with van der Waals surface area (Å²) in [7, 11) is 0. The Morgan fingerprint density at radius 3 is 2.44 bits per heavy atom. The molecule has 174 valence electrons. The van der Waals surface area contributed by atoms with E-state index in [9.17, 15) is 4.79 Å². The van der Waals surface area contributed by atoms with E-state index in [1.807, 2.05) is 35.2 Å². The number of amides is 2. The number of nitrogens with one attached hydrogen (secondary N) is 1. The molecule has 1 N–H and O–H groups in total. The molecule has 2 aromatic carbocycles. The van der Waals surface area contributed by atoms with Gasteiger partial charge in [-0.3, -0.25) is 0 Å². The van der Waals surface area contributed by atoms with Crippen molar-refractivity contribution < 1.29 is 9.21 Å². The van der Waals surface area contributed by atoms with E-state index in [2.05, 4.69) is 55.3 Å². The van der Waals surface area contributed by atoms with E-state index in [1.54, 1.807) is 6.26 Å². The molecule has 1 aliphatic rings.